The quantitative estimate of drug-likeness (QED) is 0.514. The van der Waals surface area contributed by atoms with Gasteiger partial charge in [-0.25, -0.2) is 0 Å². The van der Waals surface area contributed by atoms with E-state index < -0.39 is 0 Å². The molecule has 0 N–H and O–H groups in total. The summed E-state index contributed by atoms with van der Waals surface area (Å²) in [6.07, 6.45) is 14.4. The molecule has 0 spiro atoms. The van der Waals surface area contributed by atoms with Crippen LogP contribution in [-0.2, 0) is 12.8 Å². The molecule has 3 fully saturated rings. The van der Waals surface area contributed by atoms with Gasteiger partial charge in [-0.05, 0) is 95.7 Å². The van der Waals surface area contributed by atoms with Gasteiger partial charge in [0.2, 0.25) is 5.69 Å². The summed E-state index contributed by atoms with van der Waals surface area (Å²) in [7, 11) is 0. The van der Waals surface area contributed by atoms with Gasteiger partial charge >= 0.3 is 0 Å². The first-order chi connectivity index (χ1) is 14.7. The van der Waals surface area contributed by atoms with Crippen LogP contribution in [0.3, 0.4) is 0 Å². The summed E-state index contributed by atoms with van der Waals surface area (Å²) in [4.78, 5) is 0.706. The second kappa shape index (κ2) is 7.76. The van der Waals surface area contributed by atoms with E-state index in [0.29, 0.717) is 16.2 Å². The van der Waals surface area contributed by atoms with Crippen molar-refractivity contribution in [2.45, 2.75) is 105 Å². The molecule has 1 aromatic heterocycles. The van der Waals surface area contributed by atoms with Crippen LogP contribution in [0.5, 0.6) is 0 Å². The van der Waals surface area contributed by atoms with E-state index in [2.05, 4.69) is 39.8 Å². The predicted octanol–water partition coefficient (Wildman–Crippen LogP) is 6.34. The van der Waals surface area contributed by atoms with Gasteiger partial charge in [0.05, 0.1) is 0 Å². The molecule has 4 nitrogen and oxygen atoms in total. The van der Waals surface area contributed by atoms with Crippen molar-refractivity contribution < 1.29 is 9.53 Å². The highest BCUT2D eigenvalue weighted by atomic mass is 16.8. The van der Waals surface area contributed by atoms with Crippen LogP contribution in [0, 0.1) is 57.5 Å². The Morgan fingerprint density at radius 1 is 1.03 bits per heavy atom. The van der Waals surface area contributed by atoms with E-state index in [1.54, 1.807) is 0 Å². The van der Waals surface area contributed by atoms with Crippen molar-refractivity contribution in [3.05, 3.63) is 16.6 Å². The molecule has 0 amide bonds. The summed E-state index contributed by atoms with van der Waals surface area (Å²) in [5.41, 5.74) is 2.55. The third-order valence-electron chi connectivity index (χ3n) is 11.0. The van der Waals surface area contributed by atoms with Gasteiger partial charge in [-0.1, -0.05) is 53.9 Å². The van der Waals surface area contributed by atoms with Crippen molar-refractivity contribution in [2.24, 2.45) is 52.3 Å². The largest absolute Gasteiger partial charge is 0.359 e. The monoisotopic (exact) mass is 428 g/mol. The van der Waals surface area contributed by atoms with Crippen molar-refractivity contribution in [3.63, 3.8) is 0 Å². The molecule has 4 heteroatoms. The molecular formula is C27H44N2O2. The molecule has 174 valence electrons. The van der Waals surface area contributed by atoms with Crippen LogP contribution < -0.4 is 4.90 Å². The average Bonchev–Trinajstić information content (AvgIpc) is 3.25. The number of nitrogens with zero attached hydrogens (tertiary/aromatic N) is 2. The second-order valence-corrected chi connectivity index (χ2v) is 12.9. The second-order valence-electron chi connectivity index (χ2n) is 12.9. The predicted molar refractivity (Wildman–Crippen MR) is 122 cm³/mol. The van der Waals surface area contributed by atoms with Gasteiger partial charge in [0.25, 0.3) is 0 Å². The van der Waals surface area contributed by atoms with Crippen molar-refractivity contribution in [1.82, 2.24) is 5.16 Å². The van der Waals surface area contributed by atoms with Gasteiger partial charge in [-0.2, -0.15) is 0 Å². The Morgan fingerprint density at radius 3 is 2.58 bits per heavy atom. The van der Waals surface area contributed by atoms with Crippen molar-refractivity contribution >= 4 is 0 Å². The summed E-state index contributed by atoms with van der Waals surface area (Å²) in [6, 6.07) is 0. The maximum Gasteiger partial charge on any atom is 0.221 e. The maximum absolute atomic E-state index is 12.2. The topological polar surface area (TPSA) is 53.0 Å². The van der Waals surface area contributed by atoms with E-state index in [4.69, 9.17) is 4.63 Å². The van der Waals surface area contributed by atoms with Crippen LogP contribution in [0.1, 0.15) is 104 Å². The smallest absolute Gasteiger partial charge is 0.221 e. The van der Waals surface area contributed by atoms with E-state index in [1.807, 2.05) is 0 Å². The summed E-state index contributed by atoms with van der Waals surface area (Å²) in [5.74, 6) is 5.80. The highest BCUT2D eigenvalue weighted by Gasteiger charge is 2.61. The molecule has 8 atom stereocenters. The van der Waals surface area contributed by atoms with E-state index in [9.17, 15) is 5.21 Å². The molecular weight excluding hydrogens is 384 g/mol. The first-order valence-corrected chi connectivity index (χ1v) is 13.3. The number of hydrogen-bond acceptors (Lipinski definition) is 3. The summed E-state index contributed by atoms with van der Waals surface area (Å²) < 4.78 is 4.99. The average molecular weight is 429 g/mol. The van der Waals surface area contributed by atoms with Crippen LogP contribution in [-0.4, -0.2) is 5.16 Å². The lowest BCUT2D eigenvalue weighted by atomic mass is 9.44. The van der Waals surface area contributed by atoms with E-state index in [0.717, 1.165) is 59.7 Å². The Labute approximate surface area is 189 Å². The lowest BCUT2D eigenvalue weighted by molar-refractivity contribution is -0.808. The molecule has 0 aliphatic heterocycles. The van der Waals surface area contributed by atoms with Crippen LogP contribution in [0.2, 0.25) is 0 Å². The number of aromatic nitrogens is 2. The summed E-state index contributed by atoms with van der Waals surface area (Å²) >= 11 is 0. The Balaban J connectivity index is 1.34. The molecule has 31 heavy (non-hydrogen) atoms. The Hall–Kier alpha value is -1.06. The third kappa shape index (κ3) is 3.37. The van der Waals surface area contributed by atoms with Crippen LogP contribution in [0.4, 0.5) is 0 Å². The lowest BCUT2D eigenvalue weighted by Crippen LogP contribution is -2.55. The molecule has 4 aliphatic rings. The van der Waals surface area contributed by atoms with Crippen molar-refractivity contribution in [2.75, 3.05) is 0 Å². The van der Waals surface area contributed by atoms with Gasteiger partial charge in [-0.15, -0.1) is 0 Å². The number of rotatable bonds is 5. The maximum atomic E-state index is 12.2. The SMILES string of the molecule is CC(C)CCC[C@@H](C)[C@@H]1CC[C@@H]2[C@@H]3CC[C@H]4Cc5no[n+]([O-])c5C[C@]4(C)[C@@H]3CC[C@]21C. The van der Waals surface area contributed by atoms with Crippen LogP contribution >= 0.6 is 0 Å². The summed E-state index contributed by atoms with van der Waals surface area (Å²) in [6.45, 7) is 12.5. The van der Waals surface area contributed by atoms with Crippen molar-refractivity contribution in [1.29, 1.82) is 0 Å². The van der Waals surface area contributed by atoms with Crippen molar-refractivity contribution in [3.8, 4) is 0 Å². The standard InChI is InChI=1S/C27H44N2O2/c1-17(2)7-6-8-18(3)21-11-12-22-20-10-9-19-15-24-25(29(30)31-28-24)16-27(19,5)23(20)13-14-26(21,22)4/h17-23H,6-16H2,1-5H3/t18-,19+,20+,21+,22-,23-,26+,27+/m1/s1. The van der Waals surface area contributed by atoms with E-state index in [-0.39, 0.29) is 5.41 Å². The number of hydrogen-bond donors (Lipinski definition) is 0. The third-order valence-corrected chi connectivity index (χ3v) is 11.0. The van der Waals surface area contributed by atoms with Gasteiger partial charge in [0.1, 0.15) is 0 Å². The molecule has 0 unspecified atom stereocenters. The molecule has 1 heterocycles. The molecule has 0 bridgehead atoms. The summed E-state index contributed by atoms with van der Waals surface area (Å²) in [5, 5.41) is 16.3. The highest BCUT2D eigenvalue weighted by molar-refractivity contribution is 5.19. The fourth-order valence-electron chi connectivity index (χ4n) is 9.38. The molecule has 1 aromatic rings. The van der Waals surface area contributed by atoms with Crippen LogP contribution in [0.25, 0.3) is 0 Å². The minimum Gasteiger partial charge on any atom is -0.359 e. The fraction of sp³-hybridized carbons (Fsp3) is 0.926. The number of fused-ring (bicyclic) bond motifs is 6. The first kappa shape index (κ1) is 21.8. The Bertz CT molecular complexity index is 803. The minimum atomic E-state index is 0.246. The zero-order chi connectivity index (χ0) is 22.0. The van der Waals surface area contributed by atoms with Gasteiger partial charge < -0.3 is 5.21 Å². The van der Waals surface area contributed by atoms with Crippen LogP contribution in [0.15, 0.2) is 4.63 Å². The van der Waals surface area contributed by atoms with Gasteiger partial charge in [0.15, 0.2) is 5.69 Å². The Morgan fingerprint density at radius 2 is 1.81 bits per heavy atom. The lowest BCUT2D eigenvalue weighted by Gasteiger charge is -2.60. The van der Waals surface area contributed by atoms with E-state index >= 15 is 0 Å². The molecule has 0 radical (unpaired) electrons. The zero-order valence-corrected chi connectivity index (χ0v) is 20.5. The molecule has 4 aliphatic carbocycles. The first-order valence-electron chi connectivity index (χ1n) is 13.3. The zero-order valence-electron chi connectivity index (χ0n) is 20.5. The normalized spacial score (nSPS) is 42.6. The minimum absolute atomic E-state index is 0.246. The van der Waals surface area contributed by atoms with E-state index in [1.165, 1.54) is 57.8 Å². The molecule has 3 saturated carbocycles. The molecule has 0 saturated heterocycles. The Kier molecular flexibility index (Phi) is 5.45. The highest BCUT2D eigenvalue weighted by Crippen LogP contribution is 2.67. The van der Waals surface area contributed by atoms with Gasteiger partial charge in [0, 0.05) is 18.0 Å². The fourth-order valence-corrected chi connectivity index (χ4v) is 9.38. The van der Waals surface area contributed by atoms with Gasteiger partial charge in [-0.3, -0.25) is 4.63 Å². The molecule has 0 aromatic carbocycles. The molecule has 5 rings (SSSR count).